The number of nitrogens with one attached hydrogen (secondary N) is 1. The summed E-state index contributed by atoms with van der Waals surface area (Å²) in [5.74, 6) is -0.196. The van der Waals surface area contributed by atoms with Crippen molar-refractivity contribution in [1.29, 1.82) is 0 Å². The Bertz CT molecular complexity index is 841. The highest BCUT2D eigenvalue weighted by Gasteiger charge is 2.28. The summed E-state index contributed by atoms with van der Waals surface area (Å²) in [5, 5.41) is 7.99. The van der Waals surface area contributed by atoms with Crippen molar-refractivity contribution in [3.05, 3.63) is 35.5 Å². The Kier molecular flexibility index (Phi) is 4.41. The number of carbonyl (C=O) groups excluding carboxylic acids is 1. The van der Waals surface area contributed by atoms with Crippen molar-refractivity contribution in [2.24, 2.45) is 5.92 Å². The Morgan fingerprint density at radius 2 is 2.25 bits per heavy atom. The fourth-order valence-electron chi connectivity index (χ4n) is 2.71. The SMILES string of the molecule is Cc1cc(C(=O)N2Cc3ccnn3C[C@H](CNS(C)(=O)=O)C2)on1. The van der Waals surface area contributed by atoms with Crippen molar-refractivity contribution in [3.63, 3.8) is 0 Å². The fourth-order valence-corrected chi connectivity index (χ4v) is 3.24. The molecule has 9 nitrogen and oxygen atoms in total. The monoisotopic (exact) mass is 353 g/mol. The van der Waals surface area contributed by atoms with Crippen LogP contribution in [0.25, 0.3) is 0 Å². The molecule has 1 atom stereocenters. The Morgan fingerprint density at radius 3 is 2.92 bits per heavy atom. The van der Waals surface area contributed by atoms with Gasteiger partial charge in [-0.25, -0.2) is 13.1 Å². The van der Waals surface area contributed by atoms with Crippen LogP contribution in [0.15, 0.2) is 22.9 Å². The summed E-state index contributed by atoms with van der Waals surface area (Å²) in [6.45, 7) is 3.29. The van der Waals surface area contributed by atoms with Crippen molar-refractivity contribution in [2.45, 2.75) is 20.0 Å². The fraction of sp³-hybridized carbons (Fsp3) is 0.500. The molecule has 10 heteroatoms. The molecular weight excluding hydrogens is 334 g/mol. The van der Waals surface area contributed by atoms with Crippen molar-refractivity contribution < 1.29 is 17.7 Å². The first-order valence-electron chi connectivity index (χ1n) is 7.50. The molecule has 0 aromatic carbocycles. The number of rotatable bonds is 4. The van der Waals surface area contributed by atoms with Crippen LogP contribution in [-0.2, 0) is 23.1 Å². The topological polar surface area (TPSA) is 110 Å². The third-order valence-corrected chi connectivity index (χ3v) is 4.52. The molecule has 2 aromatic heterocycles. The maximum Gasteiger partial charge on any atom is 0.292 e. The summed E-state index contributed by atoms with van der Waals surface area (Å²) in [6, 6.07) is 3.44. The van der Waals surface area contributed by atoms with Crippen LogP contribution >= 0.6 is 0 Å². The number of sulfonamides is 1. The van der Waals surface area contributed by atoms with Crippen LogP contribution in [0.4, 0.5) is 0 Å². The molecular formula is C14H19N5O4S. The van der Waals surface area contributed by atoms with E-state index in [1.807, 2.05) is 6.07 Å². The molecule has 0 bridgehead atoms. The lowest BCUT2D eigenvalue weighted by Crippen LogP contribution is -2.38. The van der Waals surface area contributed by atoms with E-state index in [-0.39, 0.29) is 24.1 Å². The van der Waals surface area contributed by atoms with Gasteiger partial charge in [0.1, 0.15) is 0 Å². The van der Waals surface area contributed by atoms with Crippen molar-refractivity contribution >= 4 is 15.9 Å². The third kappa shape index (κ3) is 3.82. The predicted octanol–water partition coefficient (Wildman–Crippen LogP) is 0.000920. The highest BCUT2D eigenvalue weighted by atomic mass is 32.2. The molecule has 0 fully saturated rings. The molecule has 0 radical (unpaired) electrons. The molecule has 0 spiro atoms. The van der Waals surface area contributed by atoms with Crippen molar-refractivity contribution in [1.82, 2.24) is 24.6 Å². The summed E-state index contributed by atoms with van der Waals surface area (Å²) in [4.78, 5) is 14.3. The van der Waals surface area contributed by atoms with Crippen LogP contribution in [0, 0.1) is 12.8 Å². The highest BCUT2D eigenvalue weighted by molar-refractivity contribution is 7.88. The summed E-state index contributed by atoms with van der Waals surface area (Å²) in [7, 11) is -3.30. The Labute approximate surface area is 139 Å². The number of amides is 1. The van der Waals surface area contributed by atoms with Gasteiger partial charge in [-0.15, -0.1) is 0 Å². The maximum absolute atomic E-state index is 12.7. The molecule has 2 aromatic rings. The number of aromatic nitrogens is 3. The van der Waals surface area contributed by atoms with Gasteiger partial charge < -0.3 is 9.42 Å². The Hall–Kier alpha value is -2.20. The molecule has 0 saturated heterocycles. The van der Waals surface area contributed by atoms with Gasteiger partial charge in [-0.05, 0) is 13.0 Å². The number of hydrogen-bond donors (Lipinski definition) is 1. The minimum Gasteiger partial charge on any atom is -0.351 e. The predicted molar refractivity (Wildman–Crippen MR) is 84.5 cm³/mol. The number of fused-ring (bicyclic) bond motifs is 1. The quantitative estimate of drug-likeness (QED) is 0.828. The zero-order chi connectivity index (χ0) is 17.3. The molecule has 24 heavy (non-hydrogen) atoms. The van der Waals surface area contributed by atoms with E-state index in [4.69, 9.17) is 4.52 Å². The lowest BCUT2D eigenvalue weighted by molar-refractivity contribution is 0.0680. The van der Waals surface area contributed by atoms with Gasteiger partial charge in [-0.2, -0.15) is 5.10 Å². The van der Waals surface area contributed by atoms with Crippen molar-refractivity contribution in [3.8, 4) is 0 Å². The second-order valence-electron chi connectivity index (χ2n) is 6.01. The van der Waals surface area contributed by atoms with Crippen LogP contribution in [0.1, 0.15) is 21.9 Å². The minimum absolute atomic E-state index is 0.103. The van der Waals surface area contributed by atoms with Gasteiger partial charge in [0.2, 0.25) is 15.8 Å². The van der Waals surface area contributed by atoms with Crippen LogP contribution in [0.2, 0.25) is 0 Å². The molecule has 3 heterocycles. The van der Waals surface area contributed by atoms with E-state index in [9.17, 15) is 13.2 Å². The van der Waals surface area contributed by atoms with Crippen molar-refractivity contribution in [2.75, 3.05) is 19.3 Å². The van der Waals surface area contributed by atoms with E-state index in [0.717, 1.165) is 11.9 Å². The second-order valence-corrected chi connectivity index (χ2v) is 7.84. The van der Waals surface area contributed by atoms with Crippen LogP contribution in [0.3, 0.4) is 0 Å². The van der Waals surface area contributed by atoms with Gasteiger partial charge in [0.05, 0.1) is 24.2 Å². The molecule has 1 N–H and O–H groups in total. The van der Waals surface area contributed by atoms with E-state index in [2.05, 4.69) is 15.0 Å². The zero-order valence-corrected chi connectivity index (χ0v) is 14.3. The van der Waals surface area contributed by atoms with Gasteiger partial charge in [0, 0.05) is 37.8 Å². The summed E-state index contributed by atoms with van der Waals surface area (Å²) >= 11 is 0. The van der Waals surface area contributed by atoms with Gasteiger partial charge in [-0.3, -0.25) is 9.48 Å². The van der Waals surface area contributed by atoms with E-state index in [1.165, 1.54) is 0 Å². The van der Waals surface area contributed by atoms with Gasteiger partial charge in [0.15, 0.2) is 0 Å². The molecule has 1 aliphatic heterocycles. The van der Waals surface area contributed by atoms with Gasteiger partial charge in [-0.1, -0.05) is 5.16 Å². The number of hydrogen-bond acceptors (Lipinski definition) is 6. The Morgan fingerprint density at radius 1 is 1.46 bits per heavy atom. The van der Waals surface area contributed by atoms with E-state index in [1.54, 1.807) is 28.8 Å². The largest absolute Gasteiger partial charge is 0.351 e. The third-order valence-electron chi connectivity index (χ3n) is 3.83. The van der Waals surface area contributed by atoms with E-state index >= 15 is 0 Å². The number of nitrogens with zero attached hydrogens (tertiary/aromatic N) is 4. The van der Waals surface area contributed by atoms with Gasteiger partial charge >= 0.3 is 0 Å². The maximum atomic E-state index is 12.7. The van der Waals surface area contributed by atoms with Crippen LogP contribution < -0.4 is 4.72 Å². The van der Waals surface area contributed by atoms with Crippen LogP contribution in [-0.4, -0.2) is 53.5 Å². The smallest absolute Gasteiger partial charge is 0.292 e. The summed E-state index contributed by atoms with van der Waals surface area (Å²) in [5.41, 5.74) is 1.52. The van der Waals surface area contributed by atoms with E-state index < -0.39 is 10.0 Å². The average Bonchev–Trinajstić information content (AvgIpc) is 3.08. The van der Waals surface area contributed by atoms with E-state index in [0.29, 0.717) is 25.3 Å². The first kappa shape index (κ1) is 16.7. The first-order chi connectivity index (χ1) is 11.3. The highest BCUT2D eigenvalue weighted by Crippen LogP contribution is 2.18. The second kappa shape index (κ2) is 6.36. The molecule has 0 unspecified atom stereocenters. The first-order valence-corrected chi connectivity index (χ1v) is 9.39. The molecule has 3 rings (SSSR count). The number of aryl methyl sites for hydroxylation is 1. The standard InChI is InChI=1S/C14H19N5O4S/c1-10-5-13(23-17-10)14(20)18-7-11(6-16-24(2,21)22)8-19-12(9-18)3-4-15-19/h3-5,11,16H,6-9H2,1-2H3/t11-/m1/s1. The Balaban J connectivity index is 1.82. The molecule has 0 saturated carbocycles. The average molecular weight is 353 g/mol. The zero-order valence-electron chi connectivity index (χ0n) is 13.5. The van der Waals surface area contributed by atoms with Crippen LogP contribution in [0.5, 0.6) is 0 Å². The lowest BCUT2D eigenvalue weighted by atomic mass is 10.1. The van der Waals surface area contributed by atoms with Gasteiger partial charge in [0.25, 0.3) is 5.91 Å². The summed E-state index contributed by atoms with van der Waals surface area (Å²) in [6.07, 6.45) is 2.78. The molecule has 1 aliphatic rings. The molecule has 1 amide bonds. The minimum atomic E-state index is -3.30. The summed E-state index contributed by atoms with van der Waals surface area (Å²) < 4.78 is 32.1. The number of carbonyl (C=O) groups is 1. The normalized spacial score (nSPS) is 18.2. The lowest BCUT2D eigenvalue weighted by Gasteiger charge is -2.23. The molecule has 0 aliphatic carbocycles. The molecule has 130 valence electrons.